The summed E-state index contributed by atoms with van der Waals surface area (Å²) in [6.45, 7) is 1.83. The van der Waals surface area contributed by atoms with Crippen LogP contribution in [0.2, 0.25) is 0 Å². The lowest BCUT2D eigenvalue weighted by Gasteiger charge is -2.25. The van der Waals surface area contributed by atoms with E-state index in [4.69, 9.17) is 14.2 Å². The Balaban J connectivity index is 1.97. The van der Waals surface area contributed by atoms with E-state index in [2.05, 4.69) is 5.32 Å². The van der Waals surface area contributed by atoms with Gasteiger partial charge in [-0.3, -0.25) is 4.79 Å². The van der Waals surface area contributed by atoms with E-state index in [1.165, 1.54) is 0 Å². The molecule has 22 heavy (non-hydrogen) atoms. The zero-order chi connectivity index (χ0) is 16.2. The molecule has 2 rings (SSSR count). The van der Waals surface area contributed by atoms with Crippen LogP contribution < -0.4 is 14.8 Å². The fourth-order valence-corrected chi connectivity index (χ4v) is 2.14. The van der Waals surface area contributed by atoms with Crippen molar-refractivity contribution in [3.8, 4) is 11.5 Å². The first-order valence-electron chi connectivity index (χ1n) is 6.91. The van der Waals surface area contributed by atoms with Gasteiger partial charge in [0, 0.05) is 13.0 Å². The number of carboxylic acid groups (broad SMARTS) is 1. The summed E-state index contributed by atoms with van der Waals surface area (Å²) in [4.78, 5) is 23.5. The summed E-state index contributed by atoms with van der Waals surface area (Å²) in [5, 5.41) is 11.8. The topological polar surface area (TPSA) is 94.1 Å². The van der Waals surface area contributed by atoms with Crippen LogP contribution in [0.1, 0.15) is 13.3 Å². The second-order valence-corrected chi connectivity index (χ2v) is 5.11. The monoisotopic (exact) mass is 309 g/mol. The van der Waals surface area contributed by atoms with Gasteiger partial charge in [0.1, 0.15) is 11.5 Å². The number of methoxy groups -OCH3 is 1. The minimum Gasteiger partial charge on any atom is -0.497 e. The van der Waals surface area contributed by atoms with Gasteiger partial charge < -0.3 is 24.6 Å². The van der Waals surface area contributed by atoms with E-state index in [9.17, 15) is 14.7 Å². The number of hydrogen-bond acceptors (Lipinski definition) is 5. The molecule has 0 radical (unpaired) electrons. The lowest BCUT2D eigenvalue weighted by Crippen LogP contribution is -2.57. The molecule has 2 atom stereocenters. The van der Waals surface area contributed by atoms with Crippen LogP contribution in [0.4, 0.5) is 0 Å². The summed E-state index contributed by atoms with van der Waals surface area (Å²) in [5.41, 5.74) is -1.37. The third kappa shape index (κ3) is 3.48. The highest BCUT2D eigenvalue weighted by molar-refractivity contribution is 5.89. The van der Waals surface area contributed by atoms with Gasteiger partial charge in [-0.15, -0.1) is 0 Å². The van der Waals surface area contributed by atoms with Gasteiger partial charge in [0.05, 0.1) is 13.7 Å². The molecule has 0 bridgehead atoms. The van der Waals surface area contributed by atoms with Crippen LogP contribution in [0.5, 0.6) is 11.5 Å². The lowest BCUT2D eigenvalue weighted by atomic mass is 9.98. The molecule has 1 aliphatic rings. The number of carbonyl (C=O) groups excluding carboxylic acids is 1. The average Bonchev–Trinajstić information content (AvgIpc) is 2.98. The molecule has 1 aromatic carbocycles. The molecule has 1 aromatic rings. The molecule has 0 aliphatic carbocycles. The number of rotatable bonds is 6. The van der Waals surface area contributed by atoms with E-state index >= 15 is 0 Å². The maximum absolute atomic E-state index is 12.2. The second-order valence-electron chi connectivity index (χ2n) is 5.11. The Kier molecular flexibility index (Phi) is 4.87. The number of hydrogen-bond donors (Lipinski definition) is 2. The third-order valence-corrected chi connectivity index (χ3v) is 3.54. The van der Waals surface area contributed by atoms with Crippen LogP contribution in [0.15, 0.2) is 24.3 Å². The van der Waals surface area contributed by atoms with Crippen molar-refractivity contribution in [1.29, 1.82) is 0 Å². The standard InChI is InChI=1S/C15H19NO6/c1-10(22-12-5-3-11(20-2)4-6-12)13(17)16-15(14(18)19)7-8-21-9-15/h3-6,10H,7-9H2,1-2H3,(H,16,17)(H,18,19). The smallest absolute Gasteiger partial charge is 0.331 e. The van der Waals surface area contributed by atoms with Gasteiger partial charge in [-0.1, -0.05) is 0 Å². The molecule has 120 valence electrons. The SMILES string of the molecule is COc1ccc(OC(C)C(=O)NC2(C(=O)O)CCOC2)cc1. The molecular formula is C15H19NO6. The van der Waals surface area contributed by atoms with E-state index < -0.39 is 23.5 Å². The lowest BCUT2D eigenvalue weighted by molar-refractivity contribution is -0.148. The molecule has 1 heterocycles. The molecule has 0 spiro atoms. The highest BCUT2D eigenvalue weighted by Gasteiger charge is 2.44. The highest BCUT2D eigenvalue weighted by Crippen LogP contribution is 2.21. The van der Waals surface area contributed by atoms with Crippen LogP contribution in [-0.4, -0.2) is 48.9 Å². The number of nitrogens with one attached hydrogen (secondary N) is 1. The van der Waals surface area contributed by atoms with Crippen molar-refractivity contribution < 1.29 is 28.9 Å². The van der Waals surface area contributed by atoms with Gasteiger partial charge in [0.2, 0.25) is 0 Å². The zero-order valence-electron chi connectivity index (χ0n) is 12.5. The largest absolute Gasteiger partial charge is 0.497 e. The Bertz CT molecular complexity index is 535. The van der Waals surface area contributed by atoms with Crippen LogP contribution >= 0.6 is 0 Å². The van der Waals surface area contributed by atoms with Crippen molar-refractivity contribution in [1.82, 2.24) is 5.32 Å². The molecule has 0 saturated carbocycles. The first-order chi connectivity index (χ1) is 10.5. The molecule has 0 aromatic heterocycles. The summed E-state index contributed by atoms with van der Waals surface area (Å²) < 4.78 is 15.6. The molecule has 7 heteroatoms. The zero-order valence-corrected chi connectivity index (χ0v) is 12.5. The van der Waals surface area contributed by atoms with E-state index in [-0.39, 0.29) is 13.0 Å². The third-order valence-electron chi connectivity index (χ3n) is 3.54. The normalized spacial score (nSPS) is 21.9. The molecule has 1 aliphatic heterocycles. The molecule has 1 amide bonds. The minimum atomic E-state index is -1.37. The molecular weight excluding hydrogens is 290 g/mol. The van der Waals surface area contributed by atoms with Crippen LogP contribution in [0, 0.1) is 0 Å². The second kappa shape index (κ2) is 6.65. The van der Waals surface area contributed by atoms with Gasteiger partial charge in [-0.05, 0) is 31.2 Å². The van der Waals surface area contributed by atoms with Gasteiger partial charge in [-0.2, -0.15) is 0 Å². The number of carbonyl (C=O) groups is 2. The van der Waals surface area contributed by atoms with Gasteiger partial charge in [0.25, 0.3) is 5.91 Å². The van der Waals surface area contributed by atoms with Crippen molar-refractivity contribution in [3.63, 3.8) is 0 Å². The van der Waals surface area contributed by atoms with Crippen LogP contribution in [0.3, 0.4) is 0 Å². The van der Waals surface area contributed by atoms with E-state index in [1.54, 1.807) is 38.3 Å². The van der Waals surface area contributed by atoms with Gasteiger partial charge in [0.15, 0.2) is 11.6 Å². The summed E-state index contributed by atoms with van der Waals surface area (Å²) in [6.07, 6.45) is -0.589. The van der Waals surface area contributed by atoms with E-state index in [0.717, 1.165) is 0 Å². The number of aliphatic carboxylic acids is 1. The van der Waals surface area contributed by atoms with Crippen molar-refractivity contribution in [3.05, 3.63) is 24.3 Å². The predicted molar refractivity (Wildman–Crippen MR) is 77.0 cm³/mol. The maximum atomic E-state index is 12.2. The number of benzene rings is 1. The molecule has 1 fully saturated rings. The van der Waals surface area contributed by atoms with Crippen LogP contribution in [-0.2, 0) is 14.3 Å². The Labute approximate surface area is 128 Å². The maximum Gasteiger partial charge on any atom is 0.331 e. The number of amides is 1. The summed E-state index contributed by atoms with van der Waals surface area (Å²) in [6, 6.07) is 6.77. The first-order valence-corrected chi connectivity index (χ1v) is 6.91. The van der Waals surface area contributed by atoms with Crippen molar-refractivity contribution in [2.45, 2.75) is 25.0 Å². The summed E-state index contributed by atoms with van der Waals surface area (Å²) in [7, 11) is 1.56. The summed E-state index contributed by atoms with van der Waals surface area (Å²) >= 11 is 0. The van der Waals surface area contributed by atoms with Gasteiger partial charge >= 0.3 is 5.97 Å². The Morgan fingerprint density at radius 3 is 2.45 bits per heavy atom. The fraction of sp³-hybridized carbons (Fsp3) is 0.467. The molecule has 1 saturated heterocycles. The summed E-state index contributed by atoms with van der Waals surface area (Å²) in [5.74, 6) is -0.424. The minimum absolute atomic E-state index is 0.0384. The number of carboxylic acids is 1. The molecule has 7 nitrogen and oxygen atoms in total. The van der Waals surface area contributed by atoms with E-state index in [1.807, 2.05) is 0 Å². The Hall–Kier alpha value is -2.28. The predicted octanol–water partition coefficient (Wildman–Crippen LogP) is 0.822. The number of ether oxygens (including phenoxy) is 3. The van der Waals surface area contributed by atoms with Gasteiger partial charge in [-0.25, -0.2) is 4.79 Å². The van der Waals surface area contributed by atoms with E-state index in [0.29, 0.717) is 18.1 Å². The first kappa shape index (κ1) is 16.1. The van der Waals surface area contributed by atoms with Crippen molar-refractivity contribution >= 4 is 11.9 Å². The molecule has 2 unspecified atom stereocenters. The average molecular weight is 309 g/mol. The Morgan fingerprint density at radius 2 is 1.95 bits per heavy atom. The molecule has 2 N–H and O–H groups in total. The van der Waals surface area contributed by atoms with Crippen molar-refractivity contribution in [2.24, 2.45) is 0 Å². The quantitative estimate of drug-likeness (QED) is 0.808. The van der Waals surface area contributed by atoms with Crippen molar-refractivity contribution in [2.75, 3.05) is 20.3 Å². The highest BCUT2D eigenvalue weighted by atomic mass is 16.5. The Morgan fingerprint density at radius 1 is 1.32 bits per heavy atom. The fourth-order valence-electron chi connectivity index (χ4n) is 2.14. The van der Waals surface area contributed by atoms with Crippen LogP contribution in [0.25, 0.3) is 0 Å².